The van der Waals surface area contributed by atoms with E-state index in [0.29, 0.717) is 31.3 Å². The lowest BCUT2D eigenvalue weighted by Gasteiger charge is -2.26. The summed E-state index contributed by atoms with van der Waals surface area (Å²) < 4.78 is 49.8. The van der Waals surface area contributed by atoms with Gasteiger partial charge in [0.2, 0.25) is 0 Å². The number of rotatable bonds is 5. The second-order valence-electron chi connectivity index (χ2n) is 7.93. The molecule has 8 nitrogen and oxygen atoms in total. The fraction of sp³-hybridized carbons (Fsp3) is 0.318. The van der Waals surface area contributed by atoms with Crippen molar-refractivity contribution >= 4 is 34.6 Å². The minimum absolute atomic E-state index is 0.0193. The minimum Gasteiger partial charge on any atom is -0.487 e. The van der Waals surface area contributed by atoms with Gasteiger partial charge in [0.25, 0.3) is 0 Å². The highest BCUT2D eigenvalue weighted by Crippen LogP contribution is 2.32. The summed E-state index contributed by atoms with van der Waals surface area (Å²) in [6, 6.07) is 7.42. The highest BCUT2D eigenvalue weighted by molar-refractivity contribution is 7.09. The van der Waals surface area contributed by atoms with Gasteiger partial charge in [-0.25, -0.2) is 14.6 Å². The van der Waals surface area contributed by atoms with Gasteiger partial charge in [-0.3, -0.25) is 0 Å². The van der Waals surface area contributed by atoms with Gasteiger partial charge in [0.15, 0.2) is 11.4 Å². The van der Waals surface area contributed by atoms with Crippen LogP contribution < -0.4 is 9.40 Å². The van der Waals surface area contributed by atoms with Gasteiger partial charge < -0.3 is 4.74 Å². The molecule has 0 saturated carbocycles. The normalized spacial score (nSPS) is 16.7. The molecule has 180 valence electrons. The highest BCUT2D eigenvalue weighted by Gasteiger charge is 2.39. The first-order valence-corrected chi connectivity index (χ1v) is 11.9. The Morgan fingerprint density at radius 2 is 1.97 bits per heavy atom. The third kappa shape index (κ3) is 5.31. The van der Waals surface area contributed by atoms with Crippen LogP contribution >= 0.6 is 22.9 Å². The highest BCUT2D eigenvalue weighted by atomic mass is 35.5. The molecule has 0 bridgehead atoms. The number of hydrogen-bond donors (Lipinski definition) is 0. The molecule has 3 aromatic rings. The number of hydrogen-bond acceptors (Lipinski definition) is 7. The van der Waals surface area contributed by atoms with Crippen molar-refractivity contribution < 1.29 is 17.9 Å². The summed E-state index contributed by atoms with van der Waals surface area (Å²) in [6.07, 6.45) is -0.531. The zero-order valence-electron chi connectivity index (χ0n) is 18.1. The van der Waals surface area contributed by atoms with Crippen molar-refractivity contribution in [3.8, 4) is 11.4 Å². The van der Waals surface area contributed by atoms with Crippen molar-refractivity contribution in [3.63, 3.8) is 0 Å². The molecule has 0 radical (unpaired) electrons. The second-order valence-corrected chi connectivity index (χ2v) is 9.22. The topological polar surface area (TPSA) is 83.1 Å². The minimum atomic E-state index is -4.52. The number of amidine groups is 1. The monoisotopic (exact) mass is 520 g/mol. The van der Waals surface area contributed by atoms with Gasteiger partial charge >= 0.3 is 12.0 Å². The molecular formula is C22H18ClF3N7OS+. The first kappa shape index (κ1) is 23.3. The zero-order valence-corrected chi connectivity index (χ0v) is 19.7. The van der Waals surface area contributed by atoms with E-state index in [1.54, 1.807) is 16.0 Å². The van der Waals surface area contributed by atoms with E-state index >= 15 is 0 Å². The number of likely N-dealkylation sites (tertiary alicyclic amines) is 1. The molecular weight excluding hydrogens is 503 g/mol. The van der Waals surface area contributed by atoms with E-state index in [4.69, 9.17) is 21.3 Å². The Morgan fingerprint density at radius 1 is 1.20 bits per heavy atom. The number of piperidine rings is 1. The molecule has 0 atom stereocenters. The van der Waals surface area contributed by atoms with Crippen molar-refractivity contribution in [2.45, 2.75) is 31.5 Å². The predicted molar refractivity (Wildman–Crippen MR) is 125 cm³/mol. The lowest BCUT2D eigenvalue weighted by Crippen LogP contribution is -2.40. The maximum atomic E-state index is 12.8. The third-order valence-electron chi connectivity index (χ3n) is 5.62. The average molecular weight is 521 g/mol. The molecule has 1 saturated heterocycles. The molecule has 2 aromatic heterocycles. The van der Waals surface area contributed by atoms with Gasteiger partial charge in [-0.05, 0) is 53.6 Å². The first-order valence-electron chi connectivity index (χ1n) is 10.7. The van der Waals surface area contributed by atoms with Crippen LogP contribution in [0.5, 0.6) is 5.75 Å². The summed E-state index contributed by atoms with van der Waals surface area (Å²) in [6.45, 7) is 1.59. The van der Waals surface area contributed by atoms with Crippen LogP contribution in [0, 0.1) is 0 Å². The number of allylic oxidation sites excluding steroid dienone is 2. The molecule has 0 aliphatic carbocycles. The summed E-state index contributed by atoms with van der Waals surface area (Å²) >= 11 is 7.68. The number of tetrazole rings is 1. The lowest BCUT2D eigenvalue weighted by atomic mass is 9.97. The number of benzene rings is 1. The summed E-state index contributed by atoms with van der Waals surface area (Å²) in [5.74, 6) is 3.37. The zero-order chi connectivity index (χ0) is 24.4. The van der Waals surface area contributed by atoms with Crippen LogP contribution in [0.4, 0.5) is 13.2 Å². The Morgan fingerprint density at radius 3 is 2.63 bits per heavy atom. The van der Waals surface area contributed by atoms with Crippen LogP contribution in [-0.2, 0) is 6.61 Å². The molecule has 1 aromatic carbocycles. The molecule has 0 N–H and O–H groups in total. The number of thiazole rings is 1. The van der Waals surface area contributed by atoms with Crippen molar-refractivity contribution in [1.82, 2.24) is 34.8 Å². The first-order chi connectivity index (χ1) is 16.9. The summed E-state index contributed by atoms with van der Waals surface area (Å²) in [5, 5.41) is 14.1. The molecule has 0 amide bonds. The van der Waals surface area contributed by atoms with Gasteiger partial charge in [-0.2, -0.15) is 17.8 Å². The molecule has 13 heteroatoms. The standard InChI is InChI=1S/C22H18ClF3N7OS/c23-19-9-15(22(24,25)26)10-27-20(19)32-7-5-14(6-8-32)21-29-16(12-35-21)11-34-18-3-1-17(2-4-18)33-13-28-30-31-33/h1-4,9,12-14H,5-8,11H2/q+1. The molecule has 2 aliphatic heterocycles. The molecule has 2 aliphatic rings. The quantitative estimate of drug-likeness (QED) is 0.478. The fourth-order valence-electron chi connectivity index (χ4n) is 3.80. The molecule has 0 unspecified atom stereocenters. The number of nitrogens with zero attached hydrogens (tertiary/aromatic N) is 7. The van der Waals surface area contributed by atoms with E-state index in [0.717, 1.165) is 35.3 Å². The molecule has 1 fully saturated rings. The number of ether oxygens (including phenoxy) is 1. The smallest absolute Gasteiger partial charge is 0.428 e. The Labute approximate surface area is 206 Å². The van der Waals surface area contributed by atoms with Gasteiger partial charge in [0.05, 0.1) is 29.5 Å². The average Bonchev–Trinajstić information content (AvgIpc) is 3.55. The Balaban J connectivity index is 1.16. The van der Waals surface area contributed by atoms with Crippen LogP contribution in [0.2, 0.25) is 0 Å². The second kappa shape index (κ2) is 9.67. The van der Waals surface area contributed by atoms with Gasteiger partial charge in [-0.15, -0.1) is 16.4 Å². The number of halogens is 4. The lowest BCUT2D eigenvalue weighted by molar-refractivity contribution is -0.0867. The number of aromatic nitrogens is 5. The van der Waals surface area contributed by atoms with Crippen LogP contribution in [0.1, 0.15) is 29.5 Å². The maximum absolute atomic E-state index is 12.8. The van der Waals surface area contributed by atoms with Crippen LogP contribution in [0.3, 0.4) is 0 Å². The summed E-state index contributed by atoms with van der Waals surface area (Å²) in [5.41, 5.74) is 0.705. The molecule has 0 spiro atoms. The number of alkyl halides is 3. The summed E-state index contributed by atoms with van der Waals surface area (Å²) in [4.78, 5) is 6.63. The molecule has 4 heterocycles. The van der Waals surface area contributed by atoms with E-state index in [1.807, 2.05) is 34.5 Å². The van der Waals surface area contributed by atoms with Crippen LogP contribution in [0.15, 0.2) is 52.7 Å². The van der Waals surface area contributed by atoms with Crippen LogP contribution in [0.25, 0.3) is 5.69 Å². The Hall–Kier alpha value is -3.43. The van der Waals surface area contributed by atoms with Crippen molar-refractivity contribution in [2.75, 3.05) is 13.1 Å². The van der Waals surface area contributed by atoms with Crippen molar-refractivity contribution in [3.05, 3.63) is 63.4 Å². The van der Waals surface area contributed by atoms with E-state index in [2.05, 4.69) is 26.1 Å². The fourth-order valence-corrected chi connectivity index (χ4v) is 5.05. The van der Waals surface area contributed by atoms with E-state index < -0.39 is 11.7 Å². The van der Waals surface area contributed by atoms with Crippen molar-refractivity contribution in [2.24, 2.45) is 0 Å². The third-order valence-corrected chi connectivity index (χ3v) is 6.96. The van der Waals surface area contributed by atoms with Gasteiger partial charge in [0.1, 0.15) is 23.7 Å². The largest absolute Gasteiger partial charge is 0.487 e. The molecule has 5 rings (SSSR count). The van der Waals surface area contributed by atoms with E-state index in [-0.39, 0.29) is 11.0 Å². The van der Waals surface area contributed by atoms with Gasteiger partial charge in [0, 0.05) is 11.3 Å². The Kier molecular flexibility index (Phi) is 6.44. The van der Waals surface area contributed by atoms with Gasteiger partial charge in [-0.1, -0.05) is 11.6 Å². The van der Waals surface area contributed by atoms with E-state index in [9.17, 15) is 13.2 Å². The van der Waals surface area contributed by atoms with Crippen molar-refractivity contribution in [1.29, 1.82) is 0 Å². The Bertz CT molecular complexity index is 1330. The van der Waals surface area contributed by atoms with E-state index in [1.165, 1.54) is 6.33 Å². The molecule has 35 heavy (non-hydrogen) atoms. The maximum Gasteiger partial charge on any atom is 0.428 e. The van der Waals surface area contributed by atoms with Crippen LogP contribution in [-0.4, -0.2) is 61.1 Å². The SMILES string of the molecule is FC(F)(F)C1=C=[N+]=C(N2CCC(c3nc(COc4ccc(-n5cnnn5)cc4)cs3)CC2)C(Cl)=C1. The predicted octanol–water partition coefficient (Wildman–Crippen LogP) is 3.64. The summed E-state index contributed by atoms with van der Waals surface area (Å²) in [7, 11) is 0.